The molecule has 0 saturated heterocycles. The average Bonchev–Trinajstić information content (AvgIpc) is 2.77. The van der Waals surface area contributed by atoms with Gasteiger partial charge in [-0.1, -0.05) is 42.5 Å². The molecule has 0 fully saturated rings. The van der Waals surface area contributed by atoms with E-state index in [0.29, 0.717) is 12.3 Å². The Hall–Kier alpha value is -3.80. The molecule has 6 nitrogen and oxygen atoms in total. The lowest BCUT2D eigenvalue weighted by Gasteiger charge is -2.10. The van der Waals surface area contributed by atoms with Gasteiger partial charge in [-0.25, -0.2) is 4.79 Å². The van der Waals surface area contributed by atoms with Gasteiger partial charge in [-0.3, -0.25) is 4.79 Å². The van der Waals surface area contributed by atoms with Crippen molar-refractivity contribution in [2.75, 3.05) is 18.5 Å². The van der Waals surface area contributed by atoms with Gasteiger partial charge in [-0.05, 0) is 54.4 Å². The van der Waals surface area contributed by atoms with Crippen molar-refractivity contribution in [2.45, 2.75) is 13.5 Å². The average molecular weight is 404 g/mol. The summed E-state index contributed by atoms with van der Waals surface area (Å²) in [5.41, 5.74) is 4.00. The highest BCUT2D eigenvalue weighted by Gasteiger charge is 2.09. The fourth-order valence-corrected chi connectivity index (χ4v) is 2.71. The van der Waals surface area contributed by atoms with E-state index in [1.165, 1.54) is 0 Å². The van der Waals surface area contributed by atoms with Crippen LogP contribution in [0.5, 0.6) is 5.75 Å². The van der Waals surface area contributed by atoms with E-state index in [0.717, 1.165) is 22.5 Å². The number of hydrogen-bond donors (Lipinski definition) is 2. The van der Waals surface area contributed by atoms with Gasteiger partial charge in [0.1, 0.15) is 5.75 Å². The number of esters is 1. The molecule has 154 valence electrons. The largest absolute Gasteiger partial charge is 0.482 e. The minimum atomic E-state index is -0.604. The fraction of sp³-hybridized carbons (Fsp3) is 0.167. The molecule has 3 aromatic rings. The summed E-state index contributed by atoms with van der Waals surface area (Å²) in [5.74, 6) is -0.426. The maximum Gasteiger partial charge on any atom is 0.344 e. The smallest absolute Gasteiger partial charge is 0.344 e. The Labute approximate surface area is 175 Å². The molecule has 2 N–H and O–H groups in total. The molecule has 0 unspecified atom stereocenters. The molecule has 0 aliphatic rings. The van der Waals surface area contributed by atoms with E-state index in [-0.39, 0.29) is 19.1 Å². The number of amides is 1. The molecule has 3 aromatic carbocycles. The normalized spacial score (nSPS) is 10.2. The Morgan fingerprint density at radius 1 is 0.800 bits per heavy atom. The molecule has 0 spiro atoms. The van der Waals surface area contributed by atoms with Gasteiger partial charge in [-0.15, -0.1) is 0 Å². The number of hydrogen-bond acceptors (Lipinski definition) is 5. The van der Waals surface area contributed by atoms with Crippen LogP contribution >= 0.6 is 0 Å². The molecule has 0 heterocycles. The first-order valence-electron chi connectivity index (χ1n) is 9.62. The van der Waals surface area contributed by atoms with Crippen LogP contribution in [0.25, 0.3) is 0 Å². The fourth-order valence-electron chi connectivity index (χ4n) is 2.71. The van der Waals surface area contributed by atoms with E-state index < -0.39 is 5.97 Å². The minimum Gasteiger partial charge on any atom is -0.482 e. The molecule has 3 rings (SSSR count). The zero-order chi connectivity index (χ0) is 21.2. The first kappa shape index (κ1) is 20.9. The van der Waals surface area contributed by atoms with Crippen LogP contribution in [0, 0.1) is 6.92 Å². The highest BCUT2D eigenvalue weighted by molar-refractivity contribution is 5.80. The van der Waals surface area contributed by atoms with E-state index in [1.54, 1.807) is 12.1 Å². The second-order valence-electron chi connectivity index (χ2n) is 6.67. The van der Waals surface area contributed by atoms with Crippen molar-refractivity contribution in [1.82, 2.24) is 5.32 Å². The molecule has 0 bridgehead atoms. The Bertz CT molecular complexity index is 972. The third kappa shape index (κ3) is 6.67. The van der Waals surface area contributed by atoms with Crippen molar-refractivity contribution in [1.29, 1.82) is 0 Å². The number of para-hydroxylation sites is 1. The van der Waals surface area contributed by atoms with Crippen LogP contribution in [0.15, 0.2) is 78.9 Å². The van der Waals surface area contributed by atoms with Gasteiger partial charge in [0, 0.05) is 17.9 Å². The third-order valence-electron chi connectivity index (χ3n) is 4.37. The quantitative estimate of drug-likeness (QED) is 0.528. The number of ether oxygens (including phenoxy) is 2. The van der Waals surface area contributed by atoms with Gasteiger partial charge in [-0.2, -0.15) is 0 Å². The Balaban J connectivity index is 1.36. The molecule has 0 aliphatic heterocycles. The van der Waals surface area contributed by atoms with Crippen LogP contribution in [-0.4, -0.2) is 25.1 Å². The first-order chi connectivity index (χ1) is 14.6. The molecule has 0 atom stereocenters. The van der Waals surface area contributed by atoms with E-state index in [9.17, 15) is 9.59 Å². The van der Waals surface area contributed by atoms with Gasteiger partial charge in [0.25, 0.3) is 5.91 Å². The van der Waals surface area contributed by atoms with Gasteiger partial charge in [0.05, 0.1) is 0 Å². The predicted octanol–water partition coefficient (Wildman–Crippen LogP) is 3.98. The van der Waals surface area contributed by atoms with E-state index >= 15 is 0 Å². The van der Waals surface area contributed by atoms with Crippen molar-refractivity contribution < 1.29 is 19.1 Å². The Kier molecular flexibility index (Phi) is 7.44. The molecule has 6 heteroatoms. The summed E-state index contributed by atoms with van der Waals surface area (Å²) in [6.07, 6.45) is 0. The predicted molar refractivity (Wildman–Crippen MR) is 116 cm³/mol. The zero-order valence-electron chi connectivity index (χ0n) is 16.8. The van der Waals surface area contributed by atoms with Crippen LogP contribution in [0.3, 0.4) is 0 Å². The molecule has 30 heavy (non-hydrogen) atoms. The number of nitrogens with one attached hydrogen (secondary N) is 2. The molecular formula is C24H24N2O4. The number of rotatable bonds is 9. The summed E-state index contributed by atoms with van der Waals surface area (Å²) in [5, 5.41) is 6.00. The zero-order valence-corrected chi connectivity index (χ0v) is 16.8. The number of aryl methyl sites for hydroxylation is 1. The van der Waals surface area contributed by atoms with Crippen molar-refractivity contribution in [3.8, 4) is 5.75 Å². The molecule has 0 aliphatic carbocycles. The lowest BCUT2D eigenvalue weighted by molar-refractivity contribution is -0.150. The Morgan fingerprint density at radius 3 is 2.20 bits per heavy atom. The van der Waals surface area contributed by atoms with Crippen molar-refractivity contribution in [3.63, 3.8) is 0 Å². The van der Waals surface area contributed by atoms with Gasteiger partial charge >= 0.3 is 5.97 Å². The summed E-state index contributed by atoms with van der Waals surface area (Å²) in [6.45, 7) is 1.76. The highest BCUT2D eigenvalue weighted by atomic mass is 16.6. The molecular weight excluding hydrogens is 380 g/mol. The first-order valence-corrected chi connectivity index (χ1v) is 9.62. The monoisotopic (exact) mass is 404 g/mol. The summed E-state index contributed by atoms with van der Waals surface area (Å²) in [7, 11) is 0. The summed E-state index contributed by atoms with van der Waals surface area (Å²) < 4.78 is 10.4. The molecule has 0 saturated carbocycles. The summed E-state index contributed by atoms with van der Waals surface area (Å²) in [4.78, 5) is 23.7. The van der Waals surface area contributed by atoms with Crippen LogP contribution in [0.1, 0.15) is 11.1 Å². The van der Waals surface area contributed by atoms with Crippen LogP contribution < -0.4 is 15.4 Å². The van der Waals surface area contributed by atoms with Gasteiger partial charge in [0.2, 0.25) is 0 Å². The lowest BCUT2D eigenvalue weighted by atomic mass is 10.1. The number of carbonyl (C=O) groups is 2. The summed E-state index contributed by atoms with van der Waals surface area (Å²) >= 11 is 0. The van der Waals surface area contributed by atoms with Crippen LogP contribution in [0.4, 0.5) is 11.4 Å². The molecule has 0 radical (unpaired) electrons. The van der Waals surface area contributed by atoms with Gasteiger partial charge < -0.3 is 20.1 Å². The van der Waals surface area contributed by atoms with E-state index in [1.807, 2.05) is 73.7 Å². The van der Waals surface area contributed by atoms with Gasteiger partial charge in [0.15, 0.2) is 13.2 Å². The van der Waals surface area contributed by atoms with E-state index in [2.05, 4.69) is 10.6 Å². The van der Waals surface area contributed by atoms with E-state index in [4.69, 9.17) is 9.47 Å². The number of carbonyl (C=O) groups excluding carboxylic acids is 2. The topological polar surface area (TPSA) is 76.7 Å². The lowest BCUT2D eigenvalue weighted by Crippen LogP contribution is -2.29. The number of anilines is 2. The maximum absolute atomic E-state index is 11.9. The second kappa shape index (κ2) is 10.7. The molecule has 1 amide bonds. The molecule has 0 aromatic heterocycles. The standard InChI is InChI=1S/C24H24N2O4/c1-18-7-5-6-8-19(18)15-25-23(27)16-30-24(28)17-29-22-13-11-21(12-14-22)26-20-9-3-2-4-10-20/h2-14,26H,15-17H2,1H3,(H,25,27). The maximum atomic E-state index is 11.9. The van der Waals surface area contributed by atoms with Crippen LogP contribution in [-0.2, 0) is 20.9 Å². The SMILES string of the molecule is Cc1ccccc1CNC(=O)COC(=O)COc1ccc(Nc2ccccc2)cc1. The highest BCUT2D eigenvalue weighted by Crippen LogP contribution is 2.19. The number of benzene rings is 3. The minimum absolute atomic E-state index is 0.267. The van der Waals surface area contributed by atoms with Crippen LogP contribution in [0.2, 0.25) is 0 Å². The second-order valence-corrected chi connectivity index (χ2v) is 6.67. The summed E-state index contributed by atoms with van der Waals surface area (Å²) in [6, 6.07) is 24.8. The van der Waals surface area contributed by atoms with Crippen molar-refractivity contribution >= 4 is 23.3 Å². The van der Waals surface area contributed by atoms with Crippen molar-refractivity contribution in [3.05, 3.63) is 90.0 Å². The third-order valence-corrected chi connectivity index (χ3v) is 4.37. The Morgan fingerprint density at radius 2 is 1.47 bits per heavy atom. The van der Waals surface area contributed by atoms with Crippen molar-refractivity contribution in [2.24, 2.45) is 0 Å².